The van der Waals surface area contributed by atoms with Crippen molar-refractivity contribution in [1.82, 2.24) is 25.8 Å². The van der Waals surface area contributed by atoms with E-state index in [1.165, 1.54) is 16.9 Å². The molecule has 71 heavy (non-hydrogen) atoms. The fourth-order valence-corrected chi connectivity index (χ4v) is 10.2. The summed E-state index contributed by atoms with van der Waals surface area (Å²) in [6.07, 6.45) is -1.98. The second-order valence-corrected chi connectivity index (χ2v) is 20.6. The van der Waals surface area contributed by atoms with Gasteiger partial charge in [-0.3, -0.25) is 24.0 Å². The maximum atomic E-state index is 15.4. The number of alkyl halides is 1. The van der Waals surface area contributed by atoms with Gasteiger partial charge in [0.25, 0.3) is 5.91 Å². The van der Waals surface area contributed by atoms with E-state index in [0.29, 0.717) is 10.6 Å². The molecule has 3 heterocycles. The summed E-state index contributed by atoms with van der Waals surface area (Å²) in [5, 5.41) is 19.4. The Morgan fingerprint density at radius 2 is 1.55 bits per heavy atom. The lowest BCUT2D eigenvalue weighted by Crippen LogP contribution is -2.59. The van der Waals surface area contributed by atoms with Crippen molar-refractivity contribution in [2.75, 3.05) is 44.4 Å². The van der Waals surface area contributed by atoms with E-state index in [-0.39, 0.29) is 56.7 Å². The molecule has 0 saturated carbocycles. The zero-order valence-corrected chi connectivity index (χ0v) is 42.4. The molecule has 0 bridgehead atoms. The standard InChI is InChI=1S/C54H62ClFN6O8S/c1-32-25-41(26-35-9-18-42(55)19-10-35)43-27-40(17-20-44(43)62(32)34(3)63)37-13-15-39(16-14-37)51(66)57-21-22-69-23-24-70-30-46(65)60-50(54(4,5)6)53(68)61-29-45(64)47(56)48(61)52(67)58-28-36-7-11-38(12-8-36)49-33(2)59-31-71-49/h7-20,27,31-32,41,45,47-48,50,64H,21-26,28-30H2,1-6H3,(H,57,66)(H,58,67)(H,60,65)/t32-,41-,45-,47-,48-,50+/m0/s1. The van der Waals surface area contributed by atoms with E-state index in [1.807, 2.05) is 84.6 Å². The highest BCUT2D eigenvalue weighted by Crippen LogP contribution is 2.42. The number of halogens is 2. The Morgan fingerprint density at radius 3 is 2.21 bits per heavy atom. The number of hydrogen-bond acceptors (Lipinski definition) is 10. The summed E-state index contributed by atoms with van der Waals surface area (Å²) in [5.41, 5.74) is 9.17. The average molecular weight is 1010 g/mol. The van der Waals surface area contributed by atoms with Crippen LogP contribution < -0.4 is 20.9 Å². The molecule has 1 fully saturated rings. The molecule has 14 nitrogen and oxygen atoms in total. The second-order valence-electron chi connectivity index (χ2n) is 19.3. The number of rotatable bonds is 18. The number of carbonyl (C=O) groups excluding carboxylic acids is 5. The van der Waals surface area contributed by atoms with Gasteiger partial charge < -0.3 is 40.3 Å². The molecule has 0 radical (unpaired) electrons. The van der Waals surface area contributed by atoms with E-state index < -0.39 is 60.6 Å². The fraction of sp³-hybridized carbons (Fsp3) is 0.407. The van der Waals surface area contributed by atoms with Crippen LogP contribution in [0.25, 0.3) is 21.6 Å². The number of amides is 5. The quantitative estimate of drug-likeness (QED) is 0.0650. The Bertz CT molecular complexity index is 2680. The predicted molar refractivity (Wildman–Crippen MR) is 273 cm³/mol. The van der Waals surface area contributed by atoms with Gasteiger partial charge in [0.15, 0.2) is 6.17 Å². The SMILES string of the molecule is CC(=O)N1c2ccc(-c3ccc(C(=O)NCCOCCOCC(=O)N[C@H](C(=O)N4C[C@H](O)[C@H](F)[C@H]4C(=O)NCc4ccc(-c5scnc5C)cc4)C(C)(C)C)cc3)cc2[C@H](Cc2ccc(Cl)cc2)C[C@@H]1C. The van der Waals surface area contributed by atoms with E-state index in [2.05, 4.69) is 33.9 Å². The molecule has 17 heteroatoms. The van der Waals surface area contributed by atoms with Crippen LogP contribution in [0.2, 0.25) is 5.02 Å². The van der Waals surface area contributed by atoms with Crippen LogP contribution in [0, 0.1) is 12.3 Å². The monoisotopic (exact) mass is 1010 g/mol. The highest BCUT2D eigenvalue weighted by Gasteiger charge is 2.50. The van der Waals surface area contributed by atoms with Crippen molar-refractivity contribution in [3.05, 3.63) is 129 Å². The number of aryl methyl sites for hydroxylation is 1. The summed E-state index contributed by atoms with van der Waals surface area (Å²) in [7, 11) is 0. The first-order valence-corrected chi connectivity index (χ1v) is 25.1. The largest absolute Gasteiger partial charge is 0.388 e. The minimum Gasteiger partial charge on any atom is -0.388 e. The molecule has 376 valence electrons. The molecule has 2 aliphatic rings. The van der Waals surface area contributed by atoms with Crippen LogP contribution in [-0.2, 0) is 41.6 Å². The number of ether oxygens (including phenoxy) is 2. The van der Waals surface area contributed by atoms with E-state index in [9.17, 15) is 29.1 Å². The van der Waals surface area contributed by atoms with Gasteiger partial charge in [0, 0.05) is 42.3 Å². The minimum atomic E-state index is -2.03. The number of nitrogens with zero attached hydrogens (tertiary/aromatic N) is 3. The number of hydrogen-bond donors (Lipinski definition) is 4. The minimum absolute atomic E-state index is 0.00476. The van der Waals surface area contributed by atoms with Gasteiger partial charge in [-0.1, -0.05) is 87.0 Å². The first-order valence-electron chi connectivity index (χ1n) is 23.8. The average Bonchev–Trinajstić information content (AvgIpc) is 3.91. The van der Waals surface area contributed by atoms with E-state index in [0.717, 1.165) is 61.8 Å². The topological polar surface area (TPSA) is 180 Å². The van der Waals surface area contributed by atoms with Gasteiger partial charge in [-0.15, -0.1) is 11.3 Å². The number of β-amino-alcohol motifs (C(OH)–C–C–N with tert-alkyl or cyclic N) is 1. The first-order chi connectivity index (χ1) is 33.9. The maximum absolute atomic E-state index is 15.4. The molecule has 1 aromatic heterocycles. The summed E-state index contributed by atoms with van der Waals surface area (Å²) in [4.78, 5) is 74.3. The number of aliphatic hydroxyl groups is 1. The molecule has 0 spiro atoms. The van der Waals surface area contributed by atoms with E-state index in [1.54, 1.807) is 45.3 Å². The molecule has 4 aromatic carbocycles. The van der Waals surface area contributed by atoms with Crippen LogP contribution in [0.5, 0.6) is 0 Å². The molecular weight excluding hydrogens is 947 g/mol. The Labute approximate surface area is 423 Å². The third kappa shape index (κ3) is 13.1. The van der Waals surface area contributed by atoms with Gasteiger partial charge in [-0.05, 0) is 108 Å². The number of anilines is 1. The third-order valence-corrected chi connectivity index (χ3v) is 14.2. The van der Waals surface area contributed by atoms with Crippen molar-refractivity contribution in [2.45, 2.75) is 97.2 Å². The number of aliphatic hydroxyl groups excluding tert-OH is 1. The second kappa shape index (κ2) is 23.5. The van der Waals surface area contributed by atoms with Crippen molar-refractivity contribution in [3.63, 3.8) is 0 Å². The van der Waals surface area contributed by atoms with Crippen LogP contribution in [0.3, 0.4) is 0 Å². The third-order valence-electron chi connectivity index (χ3n) is 12.9. The number of nitrogens with one attached hydrogen (secondary N) is 3. The van der Waals surface area contributed by atoms with Crippen LogP contribution in [0.4, 0.5) is 10.1 Å². The zero-order chi connectivity index (χ0) is 51.0. The lowest BCUT2D eigenvalue weighted by Gasteiger charge is -2.39. The summed E-state index contributed by atoms with van der Waals surface area (Å²) in [6, 6.07) is 26.2. The maximum Gasteiger partial charge on any atom is 0.251 e. The molecule has 1 saturated heterocycles. The Hall–Kier alpha value is -6.04. The number of likely N-dealkylation sites (tertiary alicyclic amines) is 1. The highest BCUT2D eigenvalue weighted by molar-refractivity contribution is 7.13. The summed E-state index contributed by atoms with van der Waals surface area (Å²) < 4.78 is 26.5. The van der Waals surface area contributed by atoms with Crippen LogP contribution in [-0.4, -0.2) is 114 Å². The number of thiazole rings is 1. The molecular formula is C54H62ClFN6O8S. The van der Waals surface area contributed by atoms with E-state index >= 15 is 4.39 Å². The van der Waals surface area contributed by atoms with E-state index in [4.69, 9.17) is 21.1 Å². The Kier molecular flexibility index (Phi) is 17.4. The zero-order valence-electron chi connectivity index (χ0n) is 40.9. The molecule has 4 N–H and O–H groups in total. The van der Waals surface area contributed by atoms with Crippen LogP contribution >= 0.6 is 22.9 Å². The number of fused-ring (bicyclic) bond motifs is 1. The van der Waals surface area contributed by atoms with Crippen LogP contribution in [0.15, 0.2) is 96.5 Å². The predicted octanol–water partition coefficient (Wildman–Crippen LogP) is 7.43. The lowest BCUT2D eigenvalue weighted by molar-refractivity contribution is -0.145. The number of aromatic nitrogens is 1. The molecule has 7 rings (SSSR count). The number of carbonyl (C=O) groups is 5. The van der Waals surface area contributed by atoms with Crippen molar-refractivity contribution in [3.8, 4) is 21.6 Å². The van der Waals surface area contributed by atoms with Gasteiger partial charge in [-0.2, -0.15) is 0 Å². The van der Waals surface area contributed by atoms with Gasteiger partial charge in [-0.25, -0.2) is 9.37 Å². The molecule has 0 unspecified atom stereocenters. The normalized spacial score (nSPS) is 19.2. The Balaban J connectivity index is 0.836. The Morgan fingerprint density at radius 1 is 0.887 bits per heavy atom. The van der Waals surface area contributed by atoms with Crippen molar-refractivity contribution in [2.24, 2.45) is 5.41 Å². The first kappa shape index (κ1) is 52.8. The van der Waals surface area contributed by atoms with Crippen molar-refractivity contribution < 1.29 is 42.9 Å². The molecule has 6 atom stereocenters. The van der Waals surface area contributed by atoms with Gasteiger partial charge in [0.2, 0.25) is 23.6 Å². The van der Waals surface area contributed by atoms with Crippen LogP contribution in [0.1, 0.15) is 79.7 Å². The van der Waals surface area contributed by atoms with Gasteiger partial charge in [0.05, 0.1) is 42.4 Å². The summed E-state index contributed by atoms with van der Waals surface area (Å²) >= 11 is 7.68. The lowest BCUT2D eigenvalue weighted by atomic mass is 9.81. The molecule has 2 aliphatic heterocycles. The molecule has 5 amide bonds. The fourth-order valence-electron chi connectivity index (χ4n) is 9.25. The van der Waals surface area contributed by atoms with Crippen molar-refractivity contribution >= 4 is 58.2 Å². The number of benzene rings is 4. The highest BCUT2D eigenvalue weighted by atomic mass is 35.5. The molecule has 5 aromatic rings. The summed E-state index contributed by atoms with van der Waals surface area (Å²) in [6.45, 7) is 10.6. The van der Waals surface area contributed by atoms with Gasteiger partial charge in [0.1, 0.15) is 24.8 Å². The van der Waals surface area contributed by atoms with Crippen molar-refractivity contribution in [1.29, 1.82) is 0 Å². The smallest absolute Gasteiger partial charge is 0.251 e. The molecule has 0 aliphatic carbocycles. The summed E-state index contributed by atoms with van der Waals surface area (Å²) in [5.74, 6) is -2.14. The van der Waals surface area contributed by atoms with Gasteiger partial charge >= 0.3 is 0 Å².